The molecule has 0 aliphatic carbocycles. The van der Waals surface area contributed by atoms with Crippen molar-refractivity contribution >= 4 is 16.9 Å². The van der Waals surface area contributed by atoms with Gasteiger partial charge in [-0.2, -0.15) is 0 Å². The van der Waals surface area contributed by atoms with Gasteiger partial charge in [-0.05, 0) is 41.8 Å². The second-order valence-corrected chi connectivity index (χ2v) is 7.47. The van der Waals surface area contributed by atoms with Crippen molar-refractivity contribution < 1.29 is 4.39 Å². The maximum absolute atomic E-state index is 13.3. The van der Waals surface area contributed by atoms with Gasteiger partial charge in [0.2, 0.25) is 0 Å². The van der Waals surface area contributed by atoms with Gasteiger partial charge in [0.25, 0.3) is 0 Å². The van der Waals surface area contributed by atoms with Gasteiger partial charge in [-0.15, -0.1) is 0 Å². The third kappa shape index (κ3) is 3.66. The molecule has 2 aromatic heterocycles. The Hall–Kier alpha value is -3.99. The van der Waals surface area contributed by atoms with Crippen LogP contribution in [-0.2, 0) is 6.54 Å². The predicted molar refractivity (Wildman–Crippen MR) is 123 cm³/mol. The van der Waals surface area contributed by atoms with E-state index in [-0.39, 0.29) is 5.82 Å². The molecule has 5 heteroatoms. The molecule has 3 aromatic carbocycles. The highest BCUT2D eigenvalue weighted by atomic mass is 19.1. The summed E-state index contributed by atoms with van der Waals surface area (Å²) in [5, 5.41) is 4.38. The summed E-state index contributed by atoms with van der Waals surface area (Å²) in [5.41, 5.74) is 6.22. The first-order chi connectivity index (χ1) is 15.2. The lowest BCUT2D eigenvalue weighted by Crippen LogP contribution is -2.03. The lowest BCUT2D eigenvalue weighted by atomic mass is 10.1. The highest BCUT2D eigenvalue weighted by molar-refractivity contribution is 6.02. The molecule has 0 atom stereocenters. The van der Waals surface area contributed by atoms with Crippen LogP contribution in [0.4, 0.5) is 10.2 Å². The molecule has 1 N–H and O–H groups in total. The lowest BCUT2D eigenvalue weighted by Gasteiger charge is -2.10. The van der Waals surface area contributed by atoms with Crippen LogP contribution in [0, 0.1) is 12.7 Å². The van der Waals surface area contributed by atoms with Gasteiger partial charge in [-0.25, -0.2) is 14.4 Å². The topological polar surface area (TPSA) is 42.7 Å². The SMILES string of the molecule is Cc1ccccc1-n1cc(-c2ccccc2)c2c(NCc3ccc(F)cc3)ncnc21. The van der Waals surface area contributed by atoms with Crippen molar-refractivity contribution in [2.75, 3.05) is 5.32 Å². The summed E-state index contributed by atoms with van der Waals surface area (Å²) in [4.78, 5) is 9.18. The molecule has 0 aliphatic rings. The Morgan fingerprint density at radius 3 is 2.39 bits per heavy atom. The number of nitrogens with one attached hydrogen (secondary N) is 1. The van der Waals surface area contributed by atoms with Crippen molar-refractivity contribution in [2.24, 2.45) is 0 Å². The minimum atomic E-state index is -0.241. The van der Waals surface area contributed by atoms with Gasteiger partial charge < -0.3 is 9.88 Å². The Balaban J connectivity index is 1.66. The first-order valence-electron chi connectivity index (χ1n) is 10.2. The van der Waals surface area contributed by atoms with Crippen molar-refractivity contribution in [2.45, 2.75) is 13.5 Å². The second-order valence-electron chi connectivity index (χ2n) is 7.47. The summed E-state index contributed by atoms with van der Waals surface area (Å²) in [6.07, 6.45) is 3.71. The summed E-state index contributed by atoms with van der Waals surface area (Å²) in [6.45, 7) is 2.63. The maximum atomic E-state index is 13.3. The number of anilines is 1. The Morgan fingerprint density at radius 1 is 0.871 bits per heavy atom. The number of rotatable bonds is 5. The number of nitrogens with zero attached hydrogens (tertiary/aromatic N) is 3. The molecule has 0 radical (unpaired) electrons. The van der Waals surface area contributed by atoms with E-state index in [4.69, 9.17) is 0 Å². The summed E-state index contributed by atoms with van der Waals surface area (Å²) in [7, 11) is 0. The van der Waals surface area contributed by atoms with Crippen LogP contribution in [0.3, 0.4) is 0 Å². The van der Waals surface area contributed by atoms with E-state index in [9.17, 15) is 4.39 Å². The molecule has 0 fully saturated rings. The quantitative estimate of drug-likeness (QED) is 0.379. The summed E-state index contributed by atoms with van der Waals surface area (Å²) in [5.74, 6) is 0.510. The highest BCUT2D eigenvalue weighted by Gasteiger charge is 2.18. The minimum absolute atomic E-state index is 0.241. The van der Waals surface area contributed by atoms with Crippen molar-refractivity contribution in [3.8, 4) is 16.8 Å². The Morgan fingerprint density at radius 2 is 1.61 bits per heavy atom. The molecule has 0 spiro atoms. The molecule has 0 unspecified atom stereocenters. The summed E-state index contributed by atoms with van der Waals surface area (Å²) in [6, 6.07) is 25.0. The monoisotopic (exact) mass is 408 g/mol. The van der Waals surface area contributed by atoms with E-state index >= 15 is 0 Å². The number of aryl methyl sites for hydroxylation is 1. The molecule has 2 heterocycles. The average molecular weight is 408 g/mol. The molecule has 0 amide bonds. The number of hydrogen-bond acceptors (Lipinski definition) is 3. The largest absolute Gasteiger partial charge is 0.365 e. The molecule has 0 saturated carbocycles. The van der Waals surface area contributed by atoms with Crippen LogP contribution in [-0.4, -0.2) is 14.5 Å². The van der Waals surface area contributed by atoms with Crippen LogP contribution in [0.1, 0.15) is 11.1 Å². The normalized spacial score (nSPS) is 11.0. The molecule has 0 aliphatic heterocycles. The van der Waals surface area contributed by atoms with Gasteiger partial charge in [-0.3, -0.25) is 0 Å². The molecule has 0 bridgehead atoms. The fraction of sp³-hybridized carbons (Fsp3) is 0.0769. The Labute approximate surface area is 180 Å². The maximum Gasteiger partial charge on any atom is 0.150 e. The van der Waals surface area contributed by atoms with Crippen molar-refractivity contribution in [3.63, 3.8) is 0 Å². The van der Waals surface area contributed by atoms with Crippen LogP contribution in [0.5, 0.6) is 0 Å². The summed E-state index contributed by atoms with van der Waals surface area (Å²) < 4.78 is 15.4. The standard InChI is InChI=1S/C26H21FN4/c1-18-7-5-6-10-23(18)31-16-22(20-8-3-2-4-9-20)24-25(29-17-30-26(24)31)28-15-19-11-13-21(27)14-12-19/h2-14,16-17H,15H2,1H3,(H,28,29,30). The van der Waals surface area contributed by atoms with Crippen molar-refractivity contribution in [3.05, 3.63) is 108 Å². The van der Waals surface area contributed by atoms with Gasteiger partial charge in [0, 0.05) is 24.0 Å². The number of para-hydroxylation sites is 1. The van der Waals surface area contributed by atoms with E-state index < -0.39 is 0 Å². The zero-order valence-corrected chi connectivity index (χ0v) is 17.1. The number of benzene rings is 3. The molecular formula is C26H21FN4. The van der Waals surface area contributed by atoms with Gasteiger partial charge in [0.05, 0.1) is 5.39 Å². The van der Waals surface area contributed by atoms with E-state index in [1.807, 2.05) is 30.3 Å². The van der Waals surface area contributed by atoms with E-state index in [1.54, 1.807) is 18.5 Å². The van der Waals surface area contributed by atoms with Crippen LogP contribution in [0.25, 0.3) is 27.8 Å². The van der Waals surface area contributed by atoms with E-state index in [2.05, 4.69) is 57.2 Å². The van der Waals surface area contributed by atoms with E-state index in [0.717, 1.165) is 39.2 Å². The van der Waals surface area contributed by atoms with E-state index in [0.29, 0.717) is 6.54 Å². The number of fused-ring (bicyclic) bond motifs is 1. The van der Waals surface area contributed by atoms with Crippen LogP contribution in [0.15, 0.2) is 91.4 Å². The zero-order valence-electron chi connectivity index (χ0n) is 17.1. The number of halogens is 1. The summed E-state index contributed by atoms with van der Waals surface area (Å²) >= 11 is 0. The third-order valence-electron chi connectivity index (χ3n) is 5.42. The molecule has 31 heavy (non-hydrogen) atoms. The van der Waals surface area contributed by atoms with Crippen molar-refractivity contribution in [1.29, 1.82) is 0 Å². The lowest BCUT2D eigenvalue weighted by molar-refractivity contribution is 0.627. The average Bonchev–Trinajstić information content (AvgIpc) is 3.20. The van der Waals surface area contributed by atoms with E-state index in [1.165, 1.54) is 17.7 Å². The first kappa shape index (κ1) is 19.0. The molecule has 5 aromatic rings. The fourth-order valence-electron chi connectivity index (χ4n) is 3.84. The fourth-order valence-corrected chi connectivity index (χ4v) is 3.84. The van der Waals surface area contributed by atoms with Crippen LogP contribution in [0.2, 0.25) is 0 Å². The van der Waals surface area contributed by atoms with Crippen molar-refractivity contribution in [1.82, 2.24) is 14.5 Å². The minimum Gasteiger partial charge on any atom is -0.365 e. The number of hydrogen-bond donors (Lipinski definition) is 1. The van der Waals surface area contributed by atoms with Gasteiger partial charge in [-0.1, -0.05) is 60.7 Å². The van der Waals surface area contributed by atoms with Crippen LogP contribution >= 0.6 is 0 Å². The van der Waals surface area contributed by atoms with Crippen LogP contribution < -0.4 is 5.32 Å². The second kappa shape index (κ2) is 8.03. The van der Waals surface area contributed by atoms with Gasteiger partial charge in [0.15, 0.2) is 5.65 Å². The predicted octanol–water partition coefficient (Wildman–Crippen LogP) is 6.15. The first-order valence-corrected chi connectivity index (χ1v) is 10.2. The molecule has 5 rings (SSSR count). The zero-order chi connectivity index (χ0) is 21.2. The molecule has 152 valence electrons. The Kier molecular flexibility index (Phi) is 4.92. The molecular weight excluding hydrogens is 387 g/mol. The molecule has 4 nitrogen and oxygen atoms in total. The highest BCUT2D eigenvalue weighted by Crippen LogP contribution is 2.35. The number of aromatic nitrogens is 3. The third-order valence-corrected chi connectivity index (χ3v) is 5.42. The Bertz CT molecular complexity index is 1340. The van der Waals surface area contributed by atoms with Gasteiger partial charge in [0.1, 0.15) is 18.0 Å². The smallest absolute Gasteiger partial charge is 0.150 e. The van der Waals surface area contributed by atoms with Gasteiger partial charge >= 0.3 is 0 Å². The molecule has 0 saturated heterocycles.